The molecule has 1 N–H and O–H groups in total. The highest BCUT2D eigenvalue weighted by Crippen LogP contribution is 2.21. The topological polar surface area (TPSA) is 74.2 Å². The predicted molar refractivity (Wildman–Crippen MR) is 137 cm³/mol. The number of hydrogen-bond donors (Lipinski definition) is 1. The molecule has 0 aliphatic carbocycles. The van der Waals surface area contributed by atoms with Crippen molar-refractivity contribution in [2.45, 2.75) is 70.2 Å². The van der Waals surface area contributed by atoms with Gasteiger partial charge in [-0.3, -0.25) is 4.79 Å². The van der Waals surface area contributed by atoms with Gasteiger partial charge in [-0.15, -0.1) is 13.2 Å². The van der Waals surface area contributed by atoms with E-state index in [1.54, 1.807) is 19.3 Å². The zero-order valence-electron chi connectivity index (χ0n) is 20.8. The molecule has 0 saturated carbocycles. The van der Waals surface area contributed by atoms with E-state index in [1.165, 1.54) is 0 Å². The fraction of sp³-hybridized carbons (Fsp3) is 0.414. The van der Waals surface area contributed by atoms with E-state index in [1.807, 2.05) is 61.5 Å². The Morgan fingerprint density at radius 2 is 1.63 bits per heavy atom. The molecule has 0 aliphatic rings. The van der Waals surface area contributed by atoms with Crippen LogP contribution in [0.25, 0.3) is 0 Å². The largest absolute Gasteiger partial charge is 0.497 e. The van der Waals surface area contributed by atoms with Crippen molar-refractivity contribution in [1.29, 1.82) is 0 Å². The molecule has 4 atom stereocenters. The second-order valence-corrected chi connectivity index (χ2v) is 8.42. The van der Waals surface area contributed by atoms with Crippen LogP contribution in [0.3, 0.4) is 0 Å². The van der Waals surface area contributed by atoms with Crippen molar-refractivity contribution in [3.63, 3.8) is 0 Å². The lowest BCUT2D eigenvalue weighted by molar-refractivity contribution is -0.161. The van der Waals surface area contributed by atoms with Crippen LogP contribution in [0.1, 0.15) is 43.7 Å². The molecule has 0 bridgehead atoms. The highest BCUT2D eigenvalue weighted by atomic mass is 16.6. The lowest BCUT2D eigenvalue weighted by Gasteiger charge is -2.30. The summed E-state index contributed by atoms with van der Waals surface area (Å²) in [4.78, 5) is 12.5. The van der Waals surface area contributed by atoms with E-state index in [4.69, 9.17) is 18.9 Å². The predicted octanol–water partition coefficient (Wildman–Crippen LogP) is 5.39. The Kier molecular flexibility index (Phi) is 12.8. The van der Waals surface area contributed by atoms with Crippen LogP contribution >= 0.6 is 0 Å². The van der Waals surface area contributed by atoms with Crippen molar-refractivity contribution in [3.8, 4) is 5.75 Å². The molecule has 0 aromatic heterocycles. The molecule has 6 heteroatoms. The molecule has 190 valence electrons. The van der Waals surface area contributed by atoms with Crippen LogP contribution in [-0.4, -0.2) is 42.6 Å². The third-order valence-corrected chi connectivity index (χ3v) is 5.54. The summed E-state index contributed by atoms with van der Waals surface area (Å²) in [7, 11) is 1.61. The lowest BCUT2D eigenvalue weighted by atomic mass is 10.0. The van der Waals surface area contributed by atoms with Gasteiger partial charge in [0.15, 0.2) is 0 Å². The fourth-order valence-electron chi connectivity index (χ4n) is 3.59. The average Bonchev–Trinajstić information content (AvgIpc) is 2.86. The van der Waals surface area contributed by atoms with Crippen LogP contribution in [0.15, 0.2) is 79.9 Å². The zero-order valence-corrected chi connectivity index (χ0v) is 20.8. The lowest BCUT2D eigenvalue weighted by Crippen LogP contribution is -2.42. The highest BCUT2D eigenvalue weighted by molar-refractivity contribution is 5.70. The fourth-order valence-corrected chi connectivity index (χ4v) is 3.59. The molecule has 2 rings (SSSR count). The first-order chi connectivity index (χ1) is 17.0. The number of aliphatic hydroxyl groups excluding tert-OH is 1. The maximum absolute atomic E-state index is 12.5. The van der Waals surface area contributed by atoms with Crippen LogP contribution in [-0.2, 0) is 32.2 Å². The average molecular weight is 483 g/mol. The van der Waals surface area contributed by atoms with Gasteiger partial charge in [-0.1, -0.05) is 54.6 Å². The van der Waals surface area contributed by atoms with Gasteiger partial charge in [-0.2, -0.15) is 0 Å². The van der Waals surface area contributed by atoms with E-state index in [9.17, 15) is 9.90 Å². The van der Waals surface area contributed by atoms with Crippen LogP contribution in [0.5, 0.6) is 5.75 Å². The number of rotatable bonds is 17. The van der Waals surface area contributed by atoms with Gasteiger partial charge in [0.2, 0.25) is 0 Å². The molecule has 0 heterocycles. The standard InChI is InChI=1S/C29H38O6/c1-5-7-12-22(3)35-28(31)19-26(30)29(34-21-24-15-17-25(32-4)18-16-24)27(11-6-2)33-20-23-13-9-8-10-14-23/h5-6,8-10,13-18,22,26-27,29-30H,1-2,7,11-12,19-21H2,3-4H3/t22-,26+,27-,29+/m0/s1. The molecule has 0 spiro atoms. The van der Waals surface area contributed by atoms with Gasteiger partial charge < -0.3 is 24.1 Å². The third-order valence-electron chi connectivity index (χ3n) is 5.54. The quantitative estimate of drug-likeness (QED) is 0.241. The van der Waals surface area contributed by atoms with Crippen LogP contribution < -0.4 is 4.74 Å². The summed E-state index contributed by atoms with van der Waals surface area (Å²) in [6, 6.07) is 17.2. The van der Waals surface area contributed by atoms with Crippen molar-refractivity contribution < 1.29 is 28.8 Å². The molecule has 0 unspecified atom stereocenters. The van der Waals surface area contributed by atoms with E-state index in [0.29, 0.717) is 19.4 Å². The molecule has 6 nitrogen and oxygen atoms in total. The number of hydrogen-bond acceptors (Lipinski definition) is 6. The van der Waals surface area contributed by atoms with Gasteiger partial charge in [-0.05, 0) is 49.4 Å². The molecular weight excluding hydrogens is 444 g/mol. The van der Waals surface area contributed by atoms with Gasteiger partial charge in [-0.25, -0.2) is 0 Å². The minimum absolute atomic E-state index is 0.200. The third kappa shape index (κ3) is 10.5. The molecule has 0 radical (unpaired) electrons. The first-order valence-electron chi connectivity index (χ1n) is 12.0. The van der Waals surface area contributed by atoms with Gasteiger partial charge >= 0.3 is 5.97 Å². The van der Waals surface area contributed by atoms with Crippen molar-refractivity contribution in [2.24, 2.45) is 0 Å². The summed E-state index contributed by atoms with van der Waals surface area (Å²) in [5, 5.41) is 11.0. The van der Waals surface area contributed by atoms with Crippen LogP contribution in [0.2, 0.25) is 0 Å². The van der Waals surface area contributed by atoms with E-state index in [0.717, 1.165) is 23.3 Å². The van der Waals surface area contributed by atoms with E-state index < -0.39 is 24.3 Å². The van der Waals surface area contributed by atoms with Crippen molar-refractivity contribution in [3.05, 3.63) is 91.0 Å². The number of benzene rings is 2. The number of esters is 1. The molecule has 0 amide bonds. The number of methoxy groups -OCH3 is 1. The Hall–Kier alpha value is -2.93. The van der Waals surface area contributed by atoms with Crippen LogP contribution in [0.4, 0.5) is 0 Å². The molecule has 2 aromatic rings. The monoisotopic (exact) mass is 482 g/mol. The number of allylic oxidation sites excluding steroid dienone is 1. The first-order valence-corrected chi connectivity index (χ1v) is 12.0. The van der Waals surface area contributed by atoms with Gasteiger partial charge in [0, 0.05) is 0 Å². The first kappa shape index (κ1) is 28.3. The van der Waals surface area contributed by atoms with E-state index >= 15 is 0 Å². The minimum atomic E-state index is -1.12. The van der Waals surface area contributed by atoms with Gasteiger partial charge in [0.25, 0.3) is 0 Å². The highest BCUT2D eigenvalue weighted by Gasteiger charge is 2.32. The molecule has 0 aliphatic heterocycles. The van der Waals surface area contributed by atoms with Crippen molar-refractivity contribution in [1.82, 2.24) is 0 Å². The number of carbonyl (C=O) groups is 1. The molecule has 0 saturated heterocycles. The summed E-state index contributed by atoms with van der Waals surface area (Å²) in [5.74, 6) is 0.266. The Morgan fingerprint density at radius 3 is 2.26 bits per heavy atom. The number of carbonyl (C=O) groups excluding carboxylic acids is 1. The van der Waals surface area contributed by atoms with Gasteiger partial charge in [0.05, 0.1) is 45.1 Å². The minimum Gasteiger partial charge on any atom is -0.497 e. The van der Waals surface area contributed by atoms with Crippen molar-refractivity contribution in [2.75, 3.05) is 7.11 Å². The smallest absolute Gasteiger partial charge is 0.308 e. The second-order valence-electron chi connectivity index (χ2n) is 8.42. The summed E-state index contributed by atoms with van der Waals surface area (Å²) in [5.41, 5.74) is 1.91. The Morgan fingerprint density at radius 1 is 0.971 bits per heavy atom. The summed E-state index contributed by atoms with van der Waals surface area (Å²) >= 11 is 0. The molecule has 35 heavy (non-hydrogen) atoms. The Bertz CT molecular complexity index is 880. The number of ether oxygens (including phenoxy) is 4. The normalized spacial score (nSPS) is 14.4. The summed E-state index contributed by atoms with van der Waals surface area (Å²) in [6.07, 6.45) is 2.53. The SMILES string of the molecule is C=CCC[C@H](C)OC(=O)C[C@@H](O)[C@@H](OCc1ccc(OC)cc1)[C@H](CC=C)OCc1ccccc1. The van der Waals surface area contributed by atoms with E-state index in [-0.39, 0.29) is 19.1 Å². The summed E-state index contributed by atoms with van der Waals surface area (Å²) in [6.45, 7) is 9.93. The van der Waals surface area contributed by atoms with Gasteiger partial charge in [0.1, 0.15) is 11.9 Å². The molecule has 2 aromatic carbocycles. The zero-order chi connectivity index (χ0) is 25.5. The Labute approximate surface area is 209 Å². The van der Waals surface area contributed by atoms with E-state index in [2.05, 4.69) is 13.2 Å². The summed E-state index contributed by atoms with van der Waals surface area (Å²) < 4.78 is 23.0. The van der Waals surface area contributed by atoms with Crippen molar-refractivity contribution >= 4 is 5.97 Å². The number of aliphatic hydroxyl groups is 1. The molecule has 0 fully saturated rings. The second kappa shape index (κ2) is 15.9. The molecular formula is C29H38O6. The van der Waals surface area contributed by atoms with Crippen LogP contribution in [0, 0.1) is 0 Å². The maximum Gasteiger partial charge on any atom is 0.308 e. The maximum atomic E-state index is 12.5. The Balaban J connectivity index is 2.11.